The number of imidazole rings is 1. The van der Waals surface area contributed by atoms with Gasteiger partial charge in [-0.1, -0.05) is 6.07 Å². The Hall–Kier alpha value is -4.41. The lowest BCUT2D eigenvalue weighted by Crippen LogP contribution is -2.23. The molecule has 0 radical (unpaired) electrons. The zero-order valence-electron chi connectivity index (χ0n) is 20.6. The van der Waals surface area contributed by atoms with Crippen LogP contribution in [-0.4, -0.2) is 36.4 Å². The Bertz CT molecular complexity index is 1600. The minimum absolute atomic E-state index is 0.182. The van der Waals surface area contributed by atoms with Gasteiger partial charge in [0.2, 0.25) is 5.95 Å². The van der Waals surface area contributed by atoms with E-state index in [1.165, 1.54) is 18.0 Å². The van der Waals surface area contributed by atoms with Crippen molar-refractivity contribution in [2.75, 3.05) is 12.8 Å². The number of hydrogen-bond donors (Lipinski definition) is 1. The molecule has 5 rings (SSSR count). The molecule has 0 aliphatic carbocycles. The molecule has 0 saturated heterocycles. The molecule has 0 atom stereocenters. The van der Waals surface area contributed by atoms with E-state index in [-0.39, 0.29) is 5.95 Å². The van der Waals surface area contributed by atoms with E-state index in [9.17, 15) is 13.2 Å². The molecule has 0 saturated carbocycles. The number of aromatic nitrogens is 6. The van der Waals surface area contributed by atoms with Crippen LogP contribution in [0.3, 0.4) is 0 Å². The summed E-state index contributed by atoms with van der Waals surface area (Å²) in [6.07, 6.45) is 0.0125. The molecule has 0 bridgehead atoms. The van der Waals surface area contributed by atoms with Gasteiger partial charge in [-0.15, -0.1) is 0 Å². The standard InChI is InChI=1S/C26H24F3N7O/c1-25(2,3)36-21-7-5-15(16-13-31-24(30)32-14-16)11-19(21)33-23(36)18-12-17(37-4)6-8-20(18)35-10-9-22(34-35)26(27,28)29/h5-14H,1-4H3,(H2,30,31,32). The van der Waals surface area contributed by atoms with Gasteiger partial charge in [0.1, 0.15) is 11.6 Å². The summed E-state index contributed by atoms with van der Waals surface area (Å²) in [4.78, 5) is 13.1. The van der Waals surface area contributed by atoms with Crippen molar-refractivity contribution in [3.63, 3.8) is 0 Å². The van der Waals surface area contributed by atoms with Gasteiger partial charge in [-0.25, -0.2) is 19.6 Å². The second-order valence-electron chi connectivity index (χ2n) is 9.50. The summed E-state index contributed by atoms with van der Waals surface area (Å²) in [6, 6.07) is 11.9. The third-order valence-corrected chi connectivity index (χ3v) is 5.90. The number of nitrogens with zero attached hydrogens (tertiary/aromatic N) is 6. The summed E-state index contributed by atoms with van der Waals surface area (Å²) in [6.45, 7) is 6.11. The highest BCUT2D eigenvalue weighted by Gasteiger charge is 2.34. The number of halogens is 3. The van der Waals surface area contributed by atoms with Gasteiger partial charge in [-0.05, 0) is 62.7 Å². The van der Waals surface area contributed by atoms with E-state index in [2.05, 4.69) is 19.6 Å². The van der Waals surface area contributed by atoms with Crippen LogP contribution in [0.1, 0.15) is 26.5 Å². The van der Waals surface area contributed by atoms with Crippen molar-refractivity contribution in [3.05, 3.63) is 66.7 Å². The van der Waals surface area contributed by atoms with Gasteiger partial charge < -0.3 is 15.0 Å². The lowest BCUT2D eigenvalue weighted by Gasteiger charge is -2.25. The van der Waals surface area contributed by atoms with Gasteiger partial charge in [0, 0.05) is 35.3 Å². The summed E-state index contributed by atoms with van der Waals surface area (Å²) >= 11 is 0. The number of fused-ring (bicyclic) bond motifs is 1. The fraction of sp³-hybridized carbons (Fsp3) is 0.231. The molecule has 0 amide bonds. The zero-order chi connectivity index (χ0) is 26.5. The van der Waals surface area contributed by atoms with E-state index < -0.39 is 17.4 Å². The molecular formula is C26H24F3N7O. The summed E-state index contributed by atoms with van der Waals surface area (Å²) in [5.41, 5.74) is 8.42. The minimum atomic E-state index is -4.56. The van der Waals surface area contributed by atoms with E-state index in [4.69, 9.17) is 15.5 Å². The Balaban J connectivity index is 1.75. The van der Waals surface area contributed by atoms with Crippen LogP contribution in [0, 0.1) is 0 Å². The van der Waals surface area contributed by atoms with Crippen LogP contribution in [0.15, 0.2) is 61.1 Å². The zero-order valence-corrected chi connectivity index (χ0v) is 20.6. The van der Waals surface area contributed by atoms with Crippen LogP contribution >= 0.6 is 0 Å². The van der Waals surface area contributed by atoms with E-state index >= 15 is 0 Å². The highest BCUT2D eigenvalue weighted by atomic mass is 19.4. The number of alkyl halides is 3. The summed E-state index contributed by atoms with van der Waals surface area (Å²) in [7, 11) is 1.53. The largest absolute Gasteiger partial charge is 0.497 e. The van der Waals surface area contributed by atoms with Crippen molar-refractivity contribution in [2.45, 2.75) is 32.5 Å². The maximum atomic E-state index is 13.3. The number of methoxy groups -OCH3 is 1. The average molecular weight is 508 g/mol. The first-order chi connectivity index (χ1) is 17.5. The molecule has 2 aromatic carbocycles. The molecule has 3 aromatic heterocycles. The van der Waals surface area contributed by atoms with Crippen LogP contribution in [-0.2, 0) is 11.7 Å². The lowest BCUT2D eigenvalue weighted by molar-refractivity contribution is -0.141. The molecule has 11 heteroatoms. The third kappa shape index (κ3) is 4.48. The van der Waals surface area contributed by atoms with Crippen LogP contribution in [0.25, 0.3) is 39.2 Å². The lowest BCUT2D eigenvalue weighted by atomic mass is 10.0. The number of nitrogen functional groups attached to an aromatic ring is 1. The Morgan fingerprint density at radius 1 is 0.919 bits per heavy atom. The van der Waals surface area contributed by atoms with Gasteiger partial charge in [0.25, 0.3) is 0 Å². The number of benzene rings is 2. The normalized spacial score (nSPS) is 12.3. The molecule has 0 spiro atoms. The molecule has 190 valence electrons. The second kappa shape index (κ2) is 8.61. The number of hydrogen-bond acceptors (Lipinski definition) is 6. The third-order valence-electron chi connectivity index (χ3n) is 5.90. The van der Waals surface area contributed by atoms with Gasteiger partial charge in [0.05, 0.1) is 23.8 Å². The van der Waals surface area contributed by atoms with Gasteiger partial charge >= 0.3 is 6.18 Å². The molecular weight excluding hydrogens is 483 g/mol. The quantitative estimate of drug-likeness (QED) is 0.335. The van der Waals surface area contributed by atoms with Gasteiger partial charge in [0.15, 0.2) is 5.69 Å². The number of rotatable bonds is 4. The second-order valence-corrected chi connectivity index (χ2v) is 9.50. The van der Waals surface area contributed by atoms with Crippen LogP contribution < -0.4 is 10.5 Å². The van der Waals surface area contributed by atoms with Crippen molar-refractivity contribution < 1.29 is 17.9 Å². The Morgan fingerprint density at radius 2 is 1.65 bits per heavy atom. The summed E-state index contributed by atoms with van der Waals surface area (Å²) < 4.78 is 48.6. The molecule has 0 unspecified atom stereocenters. The molecule has 8 nitrogen and oxygen atoms in total. The van der Waals surface area contributed by atoms with Crippen LogP contribution in [0.2, 0.25) is 0 Å². The average Bonchev–Trinajstić information content (AvgIpc) is 3.49. The van der Waals surface area contributed by atoms with E-state index in [1.807, 2.05) is 39.0 Å². The number of nitrogens with two attached hydrogens (primary N) is 1. The SMILES string of the molecule is COc1ccc(-n2ccc(C(F)(F)F)n2)c(-c2nc3cc(-c4cnc(N)nc4)ccc3n2C(C)(C)C)c1. The highest BCUT2D eigenvalue weighted by molar-refractivity contribution is 5.87. The first kappa shape index (κ1) is 24.3. The smallest absolute Gasteiger partial charge is 0.435 e. The summed E-state index contributed by atoms with van der Waals surface area (Å²) in [5, 5.41) is 3.79. The maximum Gasteiger partial charge on any atom is 0.435 e. The number of ether oxygens (including phenoxy) is 1. The van der Waals surface area contributed by atoms with Crippen LogP contribution in [0.5, 0.6) is 5.75 Å². The predicted molar refractivity (Wildman–Crippen MR) is 134 cm³/mol. The fourth-order valence-corrected chi connectivity index (χ4v) is 4.24. The Morgan fingerprint density at radius 3 is 2.27 bits per heavy atom. The number of anilines is 1. The molecule has 2 N–H and O–H groups in total. The predicted octanol–water partition coefficient (Wildman–Crippen LogP) is 5.71. The minimum Gasteiger partial charge on any atom is -0.497 e. The summed E-state index contributed by atoms with van der Waals surface area (Å²) in [5.74, 6) is 1.28. The molecule has 37 heavy (non-hydrogen) atoms. The Labute approximate surface area is 210 Å². The van der Waals surface area contributed by atoms with E-state index in [1.54, 1.807) is 30.6 Å². The van der Waals surface area contributed by atoms with Crippen molar-refractivity contribution in [1.29, 1.82) is 0 Å². The first-order valence-corrected chi connectivity index (χ1v) is 11.4. The molecule has 0 fully saturated rings. The fourth-order valence-electron chi connectivity index (χ4n) is 4.24. The van der Waals surface area contributed by atoms with Crippen molar-refractivity contribution >= 4 is 17.0 Å². The molecule has 3 heterocycles. The van der Waals surface area contributed by atoms with Gasteiger partial charge in [-0.3, -0.25) is 0 Å². The Kier molecular flexibility index (Phi) is 5.65. The topological polar surface area (TPSA) is 96.7 Å². The molecule has 0 aliphatic heterocycles. The van der Waals surface area contributed by atoms with Crippen molar-refractivity contribution in [2.24, 2.45) is 0 Å². The highest BCUT2D eigenvalue weighted by Crippen LogP contribution is 2.37. The molecule has 0 aliphatic rings. The van der Waals surface area contributed by atoms with E-state index in [0.717, 1.165) is 22.7 Å². The van der Waals surface area contributed by atoms with Crippen molar-refractivity contribution in [3.8, 4) is 34.0 Å². The first-order valence-electron chi connectivity index (χ1n) is 11.4. The van der Waals surface area contributed by atoms with Crippen molar-refractivity contribution in [1.82, 2.24) is 29.3 Å². The monoisotopic (exact) mass is 507 g/mol. The maximum absolute atomic E-state index is 13.3. The van der Waals surface area contributed by atoms with Crippen LogP contribution in [0.4, 0.5) is 19.1 Å². The van der Waals surface area contributed by atoms with E-state index in [0.29, 0.717) is 28.3 Å². The molecule has 5 aromatic rings. The van der Waals surface area contributed by atoms with Gasteiger partial charge in [-0.2, -0.15) is 18.3 Å².